The van der Waals surface area contributed by atoms with Crippen molar-refractivity contribution in [2.45, 2.75) is 14.9 Å². The van der Waals surface area contributed by atoms with Crippen molar-refractivity contribution < 1.29 is 19.6 Å². The average Bonchev–Trinajstić information content (AvgIpc) is 1.96. The summed E-state index contributed by atoms with van der Waals surface area (Å²) in [5, 5.41) is 0. The molecule has 0 radical (unpaired) electrons. The molecule has 0 fully saturated rings. The van der Waals surface area contributed by atoms with Gasteiger partial charge in [-0.25, -0.2) is 0 Å². The molecule has 0 heterocycles. The zero-order valence-electron chi connectivity index (χ0n) is 4.29. The van der Waals surface area contributed by atoms with Gasteiger partial charge in [0.05, 0.1) is 0 Å². The molecule has 1 rings (SSSR count). The molecule has 0 aliphatic rings. The second-order valence-electron chi connectivity index (χ2n) is 1.08. The molecular weight excluding hydrogens is 294 g/mol. The third kappa shape index (κ3) is 10.6. The first-order valence-electron chi connectivity index (χ1n) is 2.11. The number of rotatable bonds is 0. The first-order chi connectivity index (χ1) is 4.00. The summed E-state index contributed by atoms with van der Waals surface area (Å²) in [6.45, 7) is 0. The third-order valence-electron chi connectivity index (χ3n) is 0.607. The maximum atomic E-state index is 5.83. The van der Waals surface area contributed by atoms with Gasteiger partial charge in [-0.3, -0.25) is 0 Å². The fourth-order valence-corrected chi connectivity index (χ4v) is 0.342. The van der Waals surface area contributed by atoms with E-state index in [9.17, 15) is 0 Å². The Balaban J connectivity index is -0.000000114. The van der Waals surface area contributed by atoms with E-state index in [1.165, 1.54) is 0 Å². The minimum atomic E-state index is 0. The Morgan fingerprint density at radius 3 is 1.40 bits per heavy atom. The van der Waals surface area contributed by atoms with E-state index in [4.69, 9.17) is 3.91 Å². The molecule has 0 unspecified atom stereocenters. The Hall–Kier alpha value is -0.292. The quantitative estimate of drug-likeness (QED) is 0.712. The molecule has 1 N–H and O–H groups in total. The summed E-state index contributed by atoms with van der Waals surface area (Å²) in [6, 6.07) is 12.5. The van der Waals surface area contributed by atoms with E-state index < -0.39 is 0 Å². The summed E-state index contributed by atoms with van der Waals surface area (Å²) < 4.78 is 5.83. The van der Waals surface area contributed by atoms with E-state index in [0.717, 1.165) is 19.6 Å². The molecule has 0 saturated carbocycles. The molecule has 1 nitrogen and oxygen atoms in total. The Morgan fingerprint density at radius 1 is 0.900 bits per heavy atom. The number of hydrogen-bond donors (Lipinski definition) is 1. The third-order valence-corrected chi connectivity index (χ3v) is 0.607. The molecule has 0 bridgehead atoms. The Bertz CT molecular complexity index is 92.1. The molecule has 0 amide bonds. The minimum absolute atomic E-state index is 0. The second kappa shape index (κ2) is 15.9. The topological polar surface area (TPSA) is 23.9 Å². The van der Waals surface area contributed by atoms with Crippen molar-refractivity contribution in [3.8, 4) is 0 Å². The second-order valence-corrected chi connectivity index (χ2v) is 1.08. The van der Waals surface area contributed by atoms with Crippen molar-refractivity contribution in [1.82, 2.24) is 0 Å². The van der Waals surface area contributed by atoms with E-state index in [1.807, 2.05) is 30.3 Å². The van der Waals surface area contributed by atoms with Gasteiger partial charge in [-0.1, -0.05) is 14.9 Å². The largest absolute Gasteiger partial charge is 0.184 e. The summed E-state index contributed by atoms with van der Waals surface area (Å²) in [7, 11) is 0. The molecule has 58 valence electrons. The molecule has 2 heteroatoms. The van der Waals surface area contributed by atoms with Crippen LogP contribution in [0.4, 0.5) is 0 Å². The summed E-state index contributed by atoms with van der Waals surface area (Å²) in [6.07, 6.45) is 0. The zero-order chi connectivity index (χ0) is 6.24. The van der Waals surface area contributed by atoms with Crippen molar-refractivity contribution in [3.05, 3.63) is 36.4 Å². The van der Waals surface area contributed by atoms with Gasteiger partial charge in [0, 0.05) is 0 Å². The summed E-state index contributed by atoms with van der Waals surface area (Å²) >= 11 is 0.833. The van der Waals surface area contributed by atoms with E-state index in [1.54, 1.807) is 0 Å². The van der Waals surface area contributed by atoms with Crippen molar-refractivity contribution in [3.63, 3.8) is 0 Å². The maximum absolute atomic E-state index is 5.83. The monoisotopic (exact) mass is 308 g/mol. The van der Waals surface area contributed by atoms with E-state index in [-0.39, 0.29) is 14.9 Å². The van der Waals surface area contributed by atoms with Crippen LogP contribution >= 0.6 is 0 Å². The van der Waals surface area contributed by atoms with Gasteiger partial charge in [0.1, 0.15) is 0 Å². The smallest absolute Gasteiger partial charge is 0.171 e. The number of hydrogen-bond acceptors (Lipinski definition) is 1. The van der Waals surface area contributed by atoms with Gasteiger partial charge in [0.2, 0.25) is 0 Å². The van der Waals surface area contributed by atoms with Crippen molar-refractivity contribution in [2.75, 3.05) is 0 Å². The fraction of sp³-hybridized carbons (Fsp3) is 0.250. The predicted molar refractivity (Wildman–Crippen MR) is 41.5 cm³/mol. The zero-order valence-corrected chi connectivity index (χ0v) is 7.23. The van der Waals surface area contributed by atoms with Crippen LogP contribution in [0.3, 0.4) is 0 Å². The SMILES string of the molecule is C.C.[NH]=[W].[c-]1ccccc1. The van der Waals surface area contributed by atoms with Crippen LogP contribution in [0, 0.1) is 9.98 Å². The molecule has 0 atom stereocenters. The van der Waals surface area contributed by atoms with Crippen LogP contribution in [0.2, 0.25) is 0 Å². The molecule has 0 saturated heterocycles. The van der Waals surface area contributed by atoms with Gasteiger partial charge in [-0.05, 0) is 0 Å². The standard InChI is InChI=1S/C6H5.2CH4.HN.W/c1-2-4-6-5-3-1;;;;/h1-5H;2*1H4;1H;/q-1;;;;. The molecular formula is C8H14NW-. The molecule has 0 aromatic heterocycles. The van der Waals surface area contributed by atoms with Crippen LogP contribution in [0.1, 0.15) is 14.9 Å². The van der Waals surface area contributed by atoms with Crippen LogP contribution in [0.25, 0.3) is 0 Å². The number of nitrogens with one attached hydrogen (secondary N) is 1. The van der Waals surface area contributed by atoms with Gasteiger partial charge in [0.15, 0.2) is 0 Å². The Kier molecular flexibility index (Phi) is 26.0. The van der Waals surface area contributed by atoms with Gasteiger partial charge >= 0.3 is 23.5 Å². The van der Waals surface area contributed by atoms with Gasteiger partial charge < -0.3 is 0 Å². The van der Waals surface area contributed by atoms with E-state index >= 15 is 0 Å². The molecule has 10 heavy (non-hydrogen) atoms. The van der Waals surface area contributed by atoms with E-state index in [0.29, 0.717) is 0 Å². The first kappa shape index (κ1) is 16.4. The summed E-state index contributed by atoms with van der Waals surface area (Å²) in [5.74, 6) is 0. The van der Waals surface area contributed by atoms with E-state index in [2.05, 4.69) is 6.07 Å². The van der Waals surface area contributed by atoms with Crippen LogP contribution in [0.15, 0.2) is 30.3 Å². The fourth-order valence-electron chi connectivity index (χ4n) is 0.342. The first-order valence-corrected chi connectivity index (χ1v) is 3.58. The van der Waals surface area contributed by atoms with Crippen LogP contribution in [0.5, 0.6) is 0 Å². The minimum Gasteiger partial charge on any atom is -0.184 e. The van der Waals surface area contributed by atoms with Crippen molar-refractivity contribution in [2.24, 2.45) is 0 Å². The van der Waals surface area contributed by atoms with Crippen molar-refractivity contribution >= 4 is 0 Å². The molecule has 0 aliphatic carbocycles. The predicted octanol–water partition coefficient (Wildman–Crippen LogP) is 3.05. The van der Waals surface area contributed by atoms with Crippen LogP contribution in [-0.2, 0) is 19.6 Å². The Labute approximate surface area is 75.0 Å². The van der Waals surface area contributed by atoms with Crippen LogP contribution in [-0.4, -0.2) is 0 Å². The Morgan fingerprint density at radius 2 is 1.30 bits per heavy atom. The molecule has 0 aliphatic heterocycles. The van der Waals surface area contributed by atoms with Crippen LogP contribution < -0.4 is 0 Å². The molecule has 1 aromatic carbocycles. The summed E-state index contributed by atoms with van der Waals surface area (Å²) in [5.41, 5.74) is 0. The summed E-state index contributed by atoms with van der Waals surface area (Å²) in [4.78, 5) is 0. The van der Waals surface area contributed by atoms with Gasteiger partial charge in [0.25, 0.3) is 0 Å². The number of benzene rings is 1. The van der Waals surface area contributed by atoms with Gasteiger partial charge in [-0.2, -0.15) is 36.4 Å². The average molecular weight is 308 g/mol. The maximum Gasteiger partial charge on any atom is -0.171 e. The van der Waals surface area contributed by atoms with Crippen molar-refractivity contribution in [1.29, 1.82) is 3.91 Å². The normalized spacial score (nSPS) is 5.20. The molecule has 0 spiro atoms. The van der Waals surface area contributed by atoms with Gasteiger partial charge in [-0.15, -0.1) is 0 Å². The molecule has 1 aromatic rings.